The van der Waals surface area contributed by atoms with E-state index >= 15 is 0 Å². The minimum atomic E-state index is -0.378. The van der Waals surface area contributed by atoms with E-state index in [-0.39, 0.29) is 12.4 Å². The van der Waals surface area contributed by atoms with Crippen LogP contribution in [-0.2, 0) is 9.47 Å². The quantitative estimate of drug-likeness (QED) is 0.679. The molecule has 1 saturated heterocycles. The van der Waals surface area contributed by atoms with E-state index in [1.165, 1.54) is 5.54 Å². The first-order valence-electron chi connectivity index (χ1n) is 7.88. The maximum absolute atomic E-state index is 5.89. The Morgan fingerprint density at radius 1 is 1.00 bits per heavy atom. The maximum Gasteiger partial charge on any atom is 0.184 e. The summed E-state index contributed by atoms with van der Waals surface area (Å²) in [6.07, 6.45) is 1.22. The number of benzene rings is 2. The summed E-state index contributed by atoms with van der Waals surface area (Å²) in [6.45, 7) is 1.33. The van der Waals surface area contributed by atoms with Crippen LogP contribution in [0, 0.1) is 0 Å². The lowest BCUT2D eigenvalue weighted by Crippen LogP contribution is -2.19. The van der Waals surface area contributed by atoms with Gasteiger partial charge in [-0.15, -0.1) is 0 Å². The first kappa shape index (κ1) is 18.1. The van der Waals surface area contributed by atoms with E-state index < -0.39 is 0 Å². The molecule has 2 aromatic carbocycles. The fraction of sp³-hybridized carbons (Fsp3) is 0.263. The van der Waals surface area contributed by atoms with Crippen molar-refractivity contribution in [2.24, 2.45) is 0 Å². The van der Waals surface area contributed by atoms with E-state index in [1.54, 1.807) is 6.08 Å². The molecule has 1 heterocycles. The van der Waals surface area contributed by atoms with E-state index in [4.69, 9.17) is 42.1 Å². The minimum Gasteiger partial charge on any atom is -0.491 e. The summed E-state index contributed by atoms with van der Waals surface area (Å²) in [6, 6.07) is 14.8. The molecule has 2 unspecified atom stereocenters. The van der Waals surface area contributed by atoms with Crippen LogP contribution < -0.4 is 9.47 Å². The predicted octanol–water partition coefficient (Wildman–Crippen LogP) is 4.96. The molecule has 6 heteroatoms. The van der Waals surface area contributed by atoms with Crippen molar-refractivity contribution >= 4 is 23.2 Å². The van der Waals surface area contributed by atoms with Gasteiger partial charge in [-0.2, -0.15) is 0 Å². The topological polar surface area (TPSA) is 36.9 Å². The van der Waals surface area contributed by atoms with Crippen LogP contribution in [0.3, 0.4) is 0 Å². The zero-order chi connectivity index (χ0) is 17.5. The summed E-state index contributed by atoms with van der Waals surface area (Å²) >= 11 is 11.3. The zero-order valence-electron chi connectivity index (χ0n) is 13.4. The summed E-state index contributed by atoms with van der Waals surface area (Å²) < 4.78 is 22.8. The third-order valence-electron chi connectivity index (χ3n) is 3.59. The molecule has 4 nitrogen and oxygen atoms in total. The molecule has 132 valence electrons. The number of hydrogen-bond acceptors (Lipinski definition) is 4. The van der Waals surface area contributed by atoms with Crippen molar-refractivity contribution in [3.8, 4) is 11.5 Å². The van der Waals surface area contributed by atoms with Gasteiger partial charge < -0.3 is 18.9 Å². The van der Waals surface area contributed by atoms with Crippen molar-refractivity contribution < 1.29 is 18.9 Å². The van der Waals surface area contributed by atoms with Gasteiger partial charge in [0.05, 0.1) is 6.61 Å². The highest BCUT2D eigenvalue weighted by Gasteiger charge is 2.27. The van der Waals surface area contributed by atoms with Crippen molar-refractivity contribution in [2.45, 2.75) is 12.4 Å². The lowest BCUT2D eigenvalue weighted by molar-refractivity contribution is -0.0659. The molecule has 0 spiro atoms. The Bertz CT molecular complexity index is 686. The van der Waals surface area contributed by atoms with Gasteiger partial charge in [0.2, 0.25) is 0 Å². The molecule has 0 radical (unpaired) electrons. The van der Waals surface area contributed by atoms with E-state index in [0.717, 1.165) is 17.1 Å². The van der Waals surface area contributed by atoms with Crippen LogP contribution in [0.1, 0.15) is 11.9 Å². The molecular formula is C19H18Cl2O4. The summed E-state index contributed by atoms with van der Waals surface area (Å²) in [5.74, 6) is 1.50. The number of halogens is 2. The van der Waals surface area contributed by atoms with E-state index in [2.05, 4.69) is 0 Å². The molecule has 0 aliphatic carbocycles. The van der Waals surface area contributed by atoms with Gasteiger partial charge in [0, 0.05) is 16.1 Å². The maximum atomic E-state index is 5.89. The van der Waals surface area contributed by atoms with Crippen molar-refractivity contribution in [3.63, 3.8) is 0 Å². The average molecular weight is 381 g/mol. The lowest BCUT2D eigenvalue weighted by Gasteiger charge is -2.13. The van der Waals surface area contributed by atoms with Gasteiger partial charge >= 0.3 is 0 Å². The molecule has 2 aromatic rings. The Hall–Kier alpha value is -1.72. The first-order valence-corrected chi connectivity index (χ1v) is 8.69. The molecule has 0 aromatic heterocycles. The third-order valence-corrected chi connectivity index (χ3v) is 4.02. The van der Waals surface area contributed by atoms with Crippen LogP contribution in [-0.4, -0.2) is 25.9 Å². The Labute approximate surface area is 156 Å². The van der Waals surface area contributed by atoms with Crippen molar-refractivity contribution in [3.05, 3.63) is 70.7 Å². The normalized spacial score (nSPS) is 20.1. The number of ether oxygens (including phenoxy) is 4. The van der Waals surface area contributed by atoms with Crippen LogP contribution in [0.2, 0.25) is 5.02 Å². The molecule has 0 N–H and O–H groups in total. The minimum absolute atomic E-state index is 0.120. The van der Waals surface area contributed by atoms with Gasteiger partial charge in [-0.1, -0.05) is 35.3 Å². The molecule has 2 atom stereocenters. The second-order valence-electron chi connectivity index (χ2n) is 5.43. The number of rotatable bonds is 7. The second kappa shape index (κ2) is 9.11. The van der Waals surface area contributed by atoms with Crippen LogP contribution >= 0.6 is 23.2 Å². The average Bonchev–Trinajstić information content (AvgIpc) is 3.11. The fourth-order valence-electron chi connectivity index (χ4n) is 2.33. The summed E-state index contributed by atoms with van der Waals surface area (Å²) in [4.78, 5) is 0. The Morgan fingerprint density at radius 3 is 2.36 bits per heavy atom. The fourth-order valence-corrected chi connectivity index (χ4v) is 2.53. The Morgan fingerprint density at radius 2 is 1.68 bits per heavy atom. The molecule has 25 heavy (non-hydrogen) atoms. The smallest absolute Gasteiger partial charge is 0.184 e. The van der Waals surface area contributed by atoms with E-state index in [9.17, 15) is 0 Å². The molecular weight excluding hydrogens is 363 g/mol. The molecule has 3 rings (SSSR count). The highest BCUT2D eigenvalue weighted by molar-refractivity contribution is 6.30. The largest absolute Gasteiger partial charge is 0.491 e. The van der Waals surface area contributed by atoms with E-state index in [1.807, 2.05) is 48.5 Å². The predicted molar refractivity (Wildman–Crippen MR) is 97.4 cm³/mol. The summed E-state index contributed by atoms with van der Waals surface area (Å²) in [5.41, 5.74) is 2.37. The van der Waals surface area contributed by atoms with E-state index in [0.29, 0.717) is 24.8 Å². The van der Waals surface area contributed by atoms with Crippen molar-refractivity contribution in [1.82, 2.24) is 0 Å². The summed E-state index contributed by atoms with van der Waals surface area (Å²) in [5, 5.41) is 0.688. The summed E-state index contributed by atoms with van der Waals surface area (Å²) in [7, 11) is 0. The van der Waals surface area contributed by atoms with Crippen LogP contribution in [0.25, 0.3) is 0 Å². The van der Waals surface area contributed by atoms with Crippen LogP contribution in [0.15, 0.2) is 60.1 Å². The lowest BCUT2D eigenvalue weighted by atomic mass is 10.2. The second-order valence-corrected chi connectivity index (χ2v) is 6.12. The highest BCUT2D eigenvalue weighted by Crippen LogP contribution is 2.28. The van der Waals surface area contributed by atoms with Gasteiger partial charge in [0.1, 0.15) is 30.8 Å². The van der Waals surface area contributed by atoms with Crippen molar-refractivity contribution in [1.29, 1.82) is 0 Å². The number of hydrogen-bond donors (Lipinski definition) is 0. The first-order chi connectivity index (χ1) is 12.2. The Balaban J connectivity index is 1.45. The standard InChI is InChI=1S/C19H18Cl2O4/c20-10-1-11-22-16-6-8-17(9-7-16)23-12-18-13-24-19(25-18)14-2-4-15(21)5-3-14/h1-10,18-19H,11-13H2. The molecule has 0 bridgehead atoms. The SMILES string of the molecule is ClC=CCOc1ccc(OCC2COC(c3ccc(Cl)cc3)O2)cc1. The van der Waals surface area contributed by atoms with Crippen LogP contribution in [0.4, 0.5) is 0 Å². The van der Waals surface area contributed by atoms with Crippen molar-refractivity contribution in [2.75, 3.05) is 19.8 Å². The molecule has 0 saturated carbocycles. The zero-order valence-corrected chi connectivity index (χ0v) is 15.0. The monoisotopic (exact) mass is 380 g/mol. The molecule has 1 aliphatic rings. The van der Waals surface area contributed by atoms with Gasteiger partial charge in [-0.05, 0) is 42.5 Å². The Kier molecular flexibility index (Phi) is 6.59. The molecule has 1 fully saturated rings. The van der Waals surface area contributed by atoms with Gasteiger partial charge in [-0.3, -0.25) is 0 Å². The highest BCUT2D eigenvalue weighted by atomic mass is 35.5. The molecule has 1 aliphatic heterocycles. The third kappa shape index (κ3) is 5.38. The van der Waals surface area contributed by atoms with Gasteiger partial charge in [0.15, 0.2) is 6.29 Å². The van der Waals surface area contributed by atoms with Crippen LogP contribution in [0.5, 0.6) is 11.5 Å². The van der Waals surface area contributed by atoms with Gasteiger partial charge in [0.25, 0.3) is 0 Å². The van der Waals surface area contributed by atoms with Gasteiger partial charge in [-0.25, -0.2) is 0 Å². The molecule has 0 amide bonds.